The molecule has 3 rings (SSSR count). The summed E-state index contributed by atoms with van der Waals surface area (Å²) >= 11 is 0. The second kappa shape index (κ2) is 12.7. The van der Waals surface area contributed by atoms with Gasteiger partial charge in [-0.05, 0) is 32.6 Å². The van der Waals surface area contributed by atoms with Crippen LogP contribution in [0.2, 0.25) is 0 Å². The van der Waals surface area contributed by atoms with E-state index in [-0.39, 0.29) is 24.0 Å². The average Bonchev–Trinajstić information content (AvgIpc) is 3.19. The smallest absolute Gasteiger partial charge is 0.228 e. The van der Waals surface area contributed by atoms with Crippen molar-refractivity contribution >= 4 is 29.9 Å². The standard InChI is InChI=1S/C21H38N6O.HI/c1-4-22-21(23-13-10-19-25-20(16(2)3)26-28-19)24-17-11-14-27(15-12-17)18-8-6-5-7-9-18;/h16-18H,4-15H2,1-3H3,(H2,22,23,24);1H. The zero-order chi connectivity index (χ0) is 19.8. The molecule has 0 amide bonds. The van der Waals surface area contributed by atoms with Crippen LogP contribution in [0.25, 0.3) is 0 Å². The largest absolute Gasteiger partial charge is 0.357 e. The normalized spacial score (nSPS) is 19.9. The molecule has 2 heterocycles. The van der Waals surface area contributed by atoms with Crippen molar-refractivity contribution in [1.29, 1.82) is 0 Å². The van der Waals surface area contributed by atoms with Gasteiger partial charge in [0.05, 0.1) is 6.54 Å². The Hall–Kier alpha value is -0.900. The van der Waals surface area contributed by atoms with Gasteiger partial charge in [-0.25, -0.2) is 0 Å². The van der Waals surface area contributed by atoms with Crippen molar-refractivity contribution in [3.8, 4) is 0 Å². The van der Waals surface area contributed by atoms with Crippen molar-refractivity contribution in [1.82, 2.24) is 25.7 Å². The van der Waals surface area contributed by atoms with E-state index in [0.717, 1.165) is 24.4 Å². The first-order valence-corrected chi connectivity index (χ1v) is 11.3. The molecule has 2 N–H and O–H groups in total. The van der Waals surface area contributed by atoms with Crippen LogP contribution < -0.4 is 10.6 Å². The summed E-state index contributed by atoms with van der Waals surface area (Å²) in [5, 5.41) is 11.0. The summed E-state index contributed by atoms with van der Waals surface area (Å²) in [5.74, 6) is 2.64. The number of piperidine rings is 1. The van der Waals surface area contributed by atoms with Gasteiger partial charge in [0.15, 0.2) is 11.8 Å². The minimum Gasteiger partial charge on any atom is -0.357 e. The fourth-order valence-electron chi connectivity index (χ4n) is 4.24. The fraction of sp³-hybridized carbons (Fsp3) is 0.857. The van der Waals surface area contributed by atoms with Gasteiger partial charge in [0, 0.05) is 44.1 Å². The van der Waals surface area contributed by atoms with Crippen molar-refractivity contribution in [3.63, 3.8) is 0 Å². The monoisotopic (exact) mass is 518 g/mol. The second-order valence-corrected chi connectivity index (χ2v) is 8.46. The Bertz CT molecular complexity index is 606. The number of aromatic nitrogens is 2. The van der Waals surface area contributed by atoms with Crippen LogP contribution in [0, 0.1) is 0 Å². The van der Waals surface area contributed by atoms with Gasteiger partial charge in [0.25, 0.3) is 0 Å². The van der Waals surface area contributed by atoms with Crippen molar-refractivity contribution in [3.05, 3.63) is 11.7 Å². The highest BCUT2D eigenvalue weighted by molar-refractivity contribution is 14.0. The Morgan fingerprint density at radius 1 is 1.17 bits per heavy atom. The summed E-state index contributed by atoms with van der Waals surface area (Å²) in [6.45, 7) is 10.2. The van der Waals surface area contributed by atoms with Crippen molar-refractivity contribution < 1.29 is 4.52 Å². The molecular weight excluding hydrogens is 479 g/mol. The van der Waals surface area contributed by atoms with Crippen LogP contribution in [0.5, 0.6) is 0 Å². The third kappa shape index (κ3) is 7.70. The highest BCUT2D eigenvalue weighted by Crippen LogP contribution is 2.25. The number of hydrogen-bond donors (Lipinski definition) is 2. The zero-order valence-corrected chi connectivity index (χ0v) is 20.7. The molecule has 0 atom stereocenters. The van der Waals surface area contributed by atoms with Crippen LogP contribution in [0.1, 0.15) is 83.3 Å². The molecule has 0 unspecified atom stereocenters. The number of aliphatic imine (C=N–C) groups is 1. The molecule has 0 spiro atoms. The molecule has 1 saturated carbocycles. The molecule has 1 aromatic rings. The van der Waals surface area contributed by atoms with Gasteiger partial charge < -0.3 is 20.1 Å². The highest BCUT2D eigenvalue weighted by Gasteiger charge is 2.26. The Labute approximate surface area is 192 Å². The Morgan fingerprint density at radius 2 is 1.90 bits per heavy atom. The summed E-state index contributed by atoms with van der Waals surface area (Å²) in [7, 11) is 0. The fourth-order valence-corrected chi connectivity index (χ4v) is 4.24. The quantitative estimate of drug-likeness (QED) is 0.326. The summed E-state index contributed by atoms with van der Waals surface area (Å²) in [6, 6.07) is 1.34. The first-order chi connectivity index (χ1) is 13.7. The molecule has 1 aliphatic heterocycles. The minimum absolute atomic E-state index is 0. The van der Waals surface area contributed by atoms with Gasteiger partial charge in [-0.1, -0.05) is 38.3 Å². The molecule has 8 heteroatoms. The van der Waals surface area contributed by atoms with E-state index in [0.29, 0.717) is 30.8 Å². The first kappa shape index (κ1) is 24.4. The van der Waals surface area contributed by atoms with Crippen LogP contribution in [-0.2, 0) is 6.42 Å². The van der Waals surface area contributed by atoms with E-state index in [4.69, 9.17) is 9.52 Å². The van der Waals surface area contributed by atoms with Gasteiger partial charge >= 0.3 is 0 Å². The third-order valence-electron chi connectivity index (χ3n) is 5.90. The Morgan fingerprint density at radius 3 is 2.52 bits per heavy atom. The van der Waals surface area contributed by atoms with Crippen molar-refractivity contribution in [2.24, 2.45) is 4.99 Å². The number of rotatable bonds is 7. The van der Waals surface area contributed by atoms with E-state index < -0.39 is 0 Å². The molecule has 1 saturated heterocycles. The lowest BCUT2D eigenvalue weighted by Gasteiger charge is -2.39. The molecule has 166 valence electrons. The average molecular weight is 518 g/mol. The molecule has 0 aromatic carbocycles. The van der Waals surface area contributed by atoms with Gasteiger partial charge in [0.2, 0.25) is 5.89 Å². The van der Waals surface area contributed by atoms with E-state index in [1.807, 2.05) is 0 Å². The molecule has 0 radical (unpaired) electrons. The maximum atomic E-state index is 5.31. The summed E-state index contributed by atoms with van der Waals surface area (Å²) in [6.07, 6.45) is 10.1. The van der Waals surface area contributed by atoms with E-state index in [1.54, 1.807) is 0 Å². The number of nitrogens with one attached hydrogen (secondary N) is 2. The number of hydrogen-bond acceptors (Lipinski definition) is 5. The SMILES string of the molecule is CCNC(=NCCc1nc(C(C)C)no1)NC1CCN(C2CCCCC2)CC1.I. The van der Waals surface area contributed by atoms with Crippen LogP contribution in [0.4, 0.5) is 0 Å². The summed E-state index contributed by atoms with van der Waals surface area (Å²) in [4.78, 5) is 11.9. The summed E-state index contributed by atoms with van der Waals surface area (Å²) in [5.41, 5.74) is 0. The molecule has 29 heavy (non-hydrogen) atoms. The Balaban J connectivity index is 0.00000300. The van der Waals surface area contributed by atoms with E-state index >= 15 is 0 Å². The van der Waals surface area contributed by atoms with Crippen molar-refractivity contribution in [2.75, 3.05) is 26.2 Å². The number of likely N-dealkylation sites (tertiary alicyclic amines) is 1. The minimum atomic E-state index is 0. The predicted octanol–water partition coefficient (Wildman–Crippen LogP) is 3.71. The zero-order valence-electron chi connectivity index (χ0n) is 18.3. The van der Waals surface area contributed by atoms with Crippen LogP contribution in [0.3, 0.4) is 0 Å². The van der Waals surface area contributed by atoms with Crippen LogP contribution in [-0.4, -0.2) is 59.3 Å². The second-order valence-electron chi connectivity index (χ2n) is 8.46. The Kier molecular flexibility index (Phi) is 10.7. The van der Waals surface area contributed by atoms with E-state index in [2.05, 4.69) is 46.4 Å². The topological polar surface area (TPSA) is 78.6 Å². The van der Waals surface area contributed by atoms with Gasteiger partial charge in [-0.15, -0.1) is 24.0 Å². The molecule has 1 aliphatic carbocycles. The van der Waals surface area contributed by atoms with Gasteiger partial charge in [-0.3, -0.25) is 4.99 Å². The maximum Gasteiger partial charge on any atom is 0.228 e. The summed E-state index contributed by atoms with van der Waals surface area (Å²) < 4.78 is 5.31. The van der Waals surface area contributed by atoms with Crippen molar-refractivity contribution in [2.45, 2.75) is 90.1 Å². The van der Waals surface area contributed by atoms with Crippen LogP contribution >= 0.6 is 24.0 Å². The lowest BCUT2D eigenvalue weighted by molar-refractivity contribution is 0.119. The molecule has 2 fully saturated rings. The van der Waals surface area contributed by atoms with Crippen LogP contribution in [0.15, 0.2) is 9.52 Å². The number of halogens is 1. The molecule has 1 aromatic heterocycles. The predicted molar refractivity (Wildman–Crippen MR) is 128 cm³/mol. The molecular formula is C21H39IN6O. The highest BCUT2D eigenvalue weighted by atomic mass is 127. The number of guanidine groups is 1. The third-order valence-corrected chi connectivity index (χ3v) is 5.90. The maximum absolute atomic E-state index is 5.31. The van der Waals surface area contributed by atoms with Gasteiger partial charge in [-0.2, -0.15) is 4.98 Å². The first-order valence-electron chi connectivity index (χ1n) is 11.3. The van der Waals surface area contributed by atoms with E-state index in [9.17, 15) is 0 Å². The van der Waals surface area contributed by atoms with Gasteiger partial charge in [0.1, 0.15) is 0 Å². The lowest BCUT2D eigenvalue weighted by Crippen LogP contribution is -2.51. The number of nitrogens with zero attached hydrogens (tertiary/aromatic N) is 4. The molecule has 2 aliphatic rings. The molecule has 7 nitrogen and oxygen atoms in total. The molecule has 0 bridgehead atoms. The van der Waals surface area contributed by atoms with E-state index in [1.165, 1.54) is 58.0 Å². The lowest BCUT2D eigenvalue weighted by atomic mass is 9.92.